The lowest BCUT2D eigenvalue weighted by Gasteiger charge is -2.30. The molecule has 88 valence electrons. The summed E-state index contributed by atoms with van der Waals surface area (Å²) in [6.07, 6.45) is 2.78. The van der Waals surface area contributed by atoms with Gasteiger partial charge in [0, 0.05) is 12.5 Å². The minimum atomic E-state index is -0.451. The summed E-state index contributed by atoms with van der Waals surface area (Å²) in [7, 11) is 0. The number of hydrogen-bond acceptors (Lipinski definition) is 2. The van der Waals surface area contributed by atoms with Crippen molar-refractivity contribution in [2.45, 2.75) is 46.1 Å². The van der Waals surface area contributed by atoms with Gasteiger partial charge in [-0.1, -0.05) is 13.8 Å². The molecule has 0 aromatic heterocycles. The molecule has 2 N–H and O–H groups in total. The summed E-state index contributed by atoms with van der Waals surface area (Å²) in [5.74, 6) is 1.57. The van der Waals surface area contributed by atoms with E-state index in [-0.39, 0.29) is 11.8 Å². The molecule has 0 radical (unpaired) electrons. The molecule has 1 aliphatic rings. The molecule has 1 amide bonds. The van der Waals surface area contributed by atoms with Crippen LogP contribution in [-0.2, 0) is 4.79 Å². The van der Waals surface area contributed by atoms with Crippen molar-refractivity contribution in [1.82, 2.24) is 5.32 Å². The highest BCUT2D eigenvalue weighted by Gasteiger charge is 2.28. The Morgan fingerprint density at radius 1 is 1.33 bits per heavy atom. The van der Waals surface area contributed by atoms with Crippen LogP contribution < -0.4 is 5.32 Å². The molecule has 0 bridgehead atoms. The van der Waals surface area contributed by atoms with Gasteiger partial charge >= 0.3 is 0 Å². The molecule has 0 aliphatic heterocycles. The van der Waals surface area contributed by atoms with Crippen LogP contribution in [0.5, 0.6) is 0 Å². The van der Waals surface area contributed by atoms with E-state index < -0.39 is 6.10 Å². The first-order valence-corrected chi connectivity index (χ1v) is 5.94. The summed E-state index contributed by atoms with van der Waals surface area (Å²) in [5.41, 5.74) is 0. The van der Waals surface area contributed by atoms with Crippen LogP contribution in [0.2, 0.25) is 0 Å². The molecule has 1 rings (SSSR count). The lowest BCUT2D eigenvalue weighted by Crippen LogP contribution is -2.38. The van der Waals surface area contributed by atoms with E-state index in [4.69, 9.17) is 5.11 Å². The van der Waals surface area contributed by atoms with Crippen molar-refractivity contribution >= 4 is 5.91 Å². The number of aliphatic hydroxyl groups excluding tert-OH is 1. The zero-order valence-corrected chi connectivity index (χ0v) is 9.99. The van der Waals surface area contributed by atoms with Crippen molar-refractivity contribution in [3.8, 4) is 0 Å². The zero-order valence-electron chi connectivity index (χ0n) is 9.99. The largest absolute Gasteiger partial charge is 0.392 e. The third kappa shape index (κ3) is 4.20. The first kappa shape index (κ1) is 12.5. The van der Waals surface area contributed by atoms with Gasteiger partial charge in [-0.25, -0.2) is 0 Å². The van der Waals surface area contributed by atoms with Gasteiger partial charge in [0.15, 0.2) is 0 Å². The molecular formula is C12H23NO2. The molecule has 0 spiro atoms. The van der Waals surface area contributed by atoms with E-state index in [2.05, 4.69) is 19.2 Å². The normalized spacial score (nSPS) is 33.5. The van der Waals surface area contributed by atoms with Crippen LogP contribution in [0.25, 0.3) is 0 Å². The highest BCUT2D eigenvalue weighted by molar-refractivity contribution is 5.78. The van der Waals surface area contributed by atoms with Crippen molar-refractivity contribution in [2.75, 3.05) is 6.54 Å². The Labute approximate surface area is 92.3 Å². The highest BCUT2D eigenvalue weighted by Crippen LogP contribution is 2.32. The van der Waals surface area contributed by atoms with E-state index in [1.54, 1.807) is 6.92 Å². The maximum absolute atomic E-state index is 11.8. The lowest BCUT2D eigenvalue weighted by molar-refractivity contribution is -0.127. The van der Waals surface area contributed by atoms with Crippen LogP contribution in [0.3, 0.4) is 0 Å². The van der Waals surface area contributed by atoms with Gasteiger partial charge in [0.25, 0.3) is 0 Å². The fourth-order valence-electron chi connectivity index (χ4n) is 2.55. The van der Waals surface area contributed by atoms with Gasteiger partial charge in [-0.15, -0.1) is 0 Å². The number of hydrogen-bond donors (Lipinski definition) is 2. The summed E-state index contributed by atoms with van der Waals surface area (Å²) in [6.45, 7) is 6.49. The molecule has 3 heteroatoms. The zero-order chi connectivity index (χ0) is 11.4. The summed E-state index contributed by atoms with van der Waals surface area (Å²) >= 11 is 0. The molecule has 0 aromatic carbocycles. The van der Waals surface area contributed by atoms with Gasteiger partial charge in [-0.3, -0.25) is 4.79 Å². The average molecular weight is 213 g/mol. The number of nitrogens with one attached hydrogen (secondary N) is 1. The molecule has 1 saturated carbocycles. The summed E-state index contributed by atoms with van der Waals surface area (Å²) in [5, 5.41) is 11.9. The Bertz CT molecular complexity index is 206. The van der Waals surface area contributed by atoms with E-state index in [0.29, 0.717) is 18.4 Å². The van der Waals surface area contributed by atoms with Gasteiger partial charge in [-0.2, -0.15) is 0 Å². The molecule has 0 unspecified atom stereocenters. The Morgan fingerprint density at radius 2 is 1.87 bits per heavy atom. The number of rotatable bonds is 3. The quantitative estimate of drug-likeness (QED) is 0.747. The van der Waals surface area contributed by atoms with Crippen molar-refractivity contribution in [2.24, 2.45) is 17.8 Å². The Hall–Kier alpha value is -0.570. The van der Waals surface area contributed by atoms with Gasteiger partial charge < -0.3 is 10.4 Å². The van der Waals surface area contributed by atoms with Crippen LogP contribution in [-0.4, -0.2) is 23.7 Å². The monoisotopic (exact) mass is 213 g/mol. The van der Waals surface area contributed by atoms with Crippen LogP contribution >= 0.6 is 0 Å². The molecule has 1 aliphatic carbocycles. The van der Waals surface area contributed by atoms with Crippen molar-refractivity contribution in [1.29, 1.82) is 0 Å². The molecule has 15 heavy (non-hydrogen) atoms. The first-order chi connectivity index (χ1) is 6.99. The average Bonchev–Trinajstić information content (AvgIpc) is 2.12. The molecule has 0 heterocycles. The fourth-order valence-corrected chi connectivity index (χ4v) is 2.55. The predicted molar refractivity (Wildman–Crippen MR) is 60.4 cm³/mol. The smallest absolute Gasteiger partial charge is 0.223 e. The molecule has 4 atom stereocenters. The van der Waals surface area contributed by atoms with Crippen molar-refractivity contribution in [3.05, 3.63) is 0 Å². The molecule has 1 fully saturated rings. The van der Waals surface area contributed by atoms with E-state index in [1.165, 1.54) is 6.42 Å². The summed E-state index contributed by atoms with van der Waals surface area (Å²) < 4.78 is 0. The standard InChI is InChI=1S/C12H23NO2/c1-8-4-9(2)6-11(5-8)12(15)13-7-10(3)14/h8-11,14H,4-7H2,1-3H3,(H,13,15)/t8-,9+,10-,11-/m0/s1. The van der Waals surface area contributed by atoms with Crippen LogP contribution in [0, 0.1) is 17.8 Å². The lowest BCUT2D eigenvalue weighted by atomic mass is 9.76. The SMILES string of the molecule is C[C@@H]1C[C@H](C)C[C@H](C(=O)NC[C@H](C)O)C1. The number of aliphatic hydroxyl groups is 1. The van der Waals surface area contributed by atoms with Crippen LogP contribution in [0.15, 0.2) is 0 Å². The van der Waals surface area contributed by atoms with E-state index in [1.807, 2.05) is 0 Å². The minimum absolute atomic E-state index is 0.120. The maximum Gasteiger partial charge on any atom is 0.223 e. The van der Waals surface area contributed by atoms with Crippen molar-refractivity contribution in [3.63, 3.8) is 0 Å². The second kappa shape index (κ2) is 5.50. The summed E-state index contributed by atoms with van der Waals surface area (Å²) in [4.78, 5) is 11.8. The van der Waals surface area contributed by atoms with E-state index >= 15 is 0 Å². The molecule has 0 aromatic rings. The minimum Gasteiger partial charge on any atom is -0.392 e. The van der Waals surface area contributed by atoms with Gasteiger partial charge in [0.2, 0.25) is 5.91 Å². The van der Waals surface area contributed by atoms with Gasteiger partial charge in [-0.05, 0) is 38.0 Å². The molecule has 0 saturated heterocycles. The molecular weight excluding hydrogens is 190 g/mol. The van der Waals surface area contributed by atoms with Crippen LogP contribution in [0.4, 0.5) is 0 Å². The Balaban J connectivity index is 2.38. The maximum atomic E-state index is 11.8. The second-order valence-electron chi connectivity index (χ2n) is 5.21. The summed E-state index contributed by atoms with van der Waals surface area (Å²) in [6, 6.07) is 0. The molecule has 3 nitrogen and oxygen atoms in total. The highest BCUT2D eigenvalue weighted by atomic mass is 16.3. The third-order valence-corrected chi connectivity index (χ3v) is 3.12. The van der Waals surface area contributed by atoms with E-state index in [0.717, 1.165) is 12.8 Å². The fraction of sp³-hybridized carbons (Fsp3) is 0.917. The van der Waals surface area contributed by atoms with Crippen molar-refractivity contribution < 1.29 is 9.90 Å². The Morgan fingerprint density at radius 3 is 2.33 bits per heavy atom. The number of carbonyl (C=O) groups excluding carboxylic acids is 1. The second-order valence-corrected chi connectivity index (χ2v) is 5.21. The Kier molecular flexibility index (Phi) is 4.58. The predicted octanol–water partition coefficient (Wildman–Crippen LogP) is 1.56. The van der Waals surface area contributed by atoms with Gasteiger partial charge in [0.05, 0.1) is 6.10 Å². The number of amides is 1. The third-order valence-electron chi connectivity index (χ3n) is 3.12. The first-order valence-electron chi connectivity index (χ1n) is 5.94. The van der Waals surface area contributed by atoms with Gasteiger partial charge in [0.1, 0.15) is 0 Å². The van der Waals surface area contributed by atoms with Crippen LogP contribution in [0.1, 0.15) is 40.0 Å². The van der Waals surface area contributed by atoms with E-state index in [9.17, 15) is 4.79 Å². The topological polar surface area (TPSA) is 49.3 Å². The number of carbonyl (C=O) groups is 1.